The molecule has 1 aromatic heterocycles. The molecule has 0 unspecified atom stereocenters. The molecule has 0 aliphatic carbocycles. The zero-order chi connectivity index (χ0) is 18.7. The van der Waals surface area contributed by atoms with Gasteiger partial charge in [-0.3, -0.25) is 10.2 Å². The van der Waals surface area contributed by atoms with Gasteiger partial charge in [-0.2, -0.15) is 4.98 Å². The molecule has 3 aliphatic heterocycles. The van der Waals surface area contributed by atoms with Crippen LogP contribution in [0.25, 0.3) is 0 Å². The quantitative estimate of drug-likeness (QED) is 0.869. The van der Waals surface area contributed by atoms with Gasteiger partial charge in [-0.1, -0.05) is 6.92 Å². The van der Waals surface area contributed by atoms with Crippen LogP contribution in [0.15, 0.2) is 12.1 Å². The van der Waals surface area contributed by atoms with Gasteiger partial charge in [0.1, 0.15) is 19.0 Å². The zero-order valence-corrected chi connectivity index (χ0v) is 15.9. The van der Waals surface area contributed by atoms with E-state index >= 15 is 0 Å². The highest BCUT2D eigenvalue weighted by atomic mass is 16.6. The maximum Gasteiger partial charge on any atom is 0.323 e. The lowest BCUT2D eigenvalue weighted by Crippen LogP contribution is -2.59. The number of rotatable bonds is 3. The van der Waals surface area contributed by atoms with Crippen molar-refractivity contribution in [2.45, 2.75) is 31.7 Å². The third-order valence-electron chi connectivity index (χ3n) is 5.96. The van der Waals surface area contributed by atoms with Gasteiger partial charge in [0.15, 0.2) is 5.75 Å². The Bertz CT molecular complexity index is 670. The normalized spacial score (nSPS) is 22.3. The molecule has 4 rings (SSSR count). The van der Waals surface area contributed by atoms with Crippen LogP contribution in [-0.4, -0.2) is 79.0 Å². The fourth-order valence-corrected chi connectivity index (χ4v) is 4.25. The lowest BCUT2D eigenvalue weighted by molar-refractivity contribution is -0.0449. The van der Waals surface area contributed by atoms with Crippen LogP contribution in [0.1, 0.15) is 26.2 Å². The van der Waals surface area contributed by atoms with E-state index in [2.05, 4.69) is 22.1 Å². The van der Waals surface area contributed by atoms with Crippen LogP contribution in [0.3, 0.4) is 0 Å². The summed E-state index contributed by atoms with van der Waals surface area (Å²) in [4.78, 5) is 21.5. The van der Waals surface area contributed by atoms with Gasteiger partial charge in [-0.15, -0.1) is 0 Å². The van der Waals surface area contributed by atoms with Crippen LogP contribution in [0.2, 0.25) is 0 Å². The average Bonchev–Trinajstić information content (AvgIpc) is 2.74. The summed E-state index contributed by atoms with van der Waals surface area (Å²) in [7, 11) is 0. The van der Waals surface area contributed by atoms with E-state index in [0.717, 1.165) is 58.7 Å². The van der Waals surface area contributed by atoms with E-state index in [1.807, 2.05) is 4.90 Å². The maximum absolute atomic E-state index is 12.7. The van der Waals surface area contributed by atoms with Crippen molar-refractivity contribution in [2.75, 3.05) is 57.9 Å². The second-order valence-electron chi connectivity index (χ2n) is 7.29. The molecule has 2 saturated heterocycles. The number of hydrogen-bond acceptors (Lipinski definition) is 6. The first-order valence-corrected chi connectivity index (χ1v) is 9.85. The van der Waals surface area contributed by atoms with Crippen molar-refractivity contribution >= 4 is 11.8 Å². The number of nitrogens with one attached hydrogen (secondary N) is 1. The molecular formula is C19H28N4O4. The molecule has 3 aliphatic rings. The molecule has 148 valence electrons. The standard InChI is InChI=1S/C19H28N4O4/c1-2-19(23-9-11-25-12-10-23)5-7-22(8-6-19)18(24)21-16-4-3-15-17(20-16)27-14-13-26-15/h3-4H,2,5-14H2,1H3,(H,20,21,24). The van der Waals surface area contributed by atoms with Crippen molar-refractivity contribution < 1.29 is 19.0 Å². The number of fused-ring (bicyclic) bond motifs is 1. The Morgan fingerprint density at radius 2 is 1.85 bits per heavy atom. The Morgan fingerprint density at radius 1 is 1.11 bits per heavy atom. The summed E-state index contributed by atoms with van der Waals surface area (Å²) in [5, 5.41) is 2.89. The SMILES string of the molecule is CCC1(N2CCOCC2)CCN(C(=O)Nc2ccc3c(n2)OCCO3)CC1. The minimum absolute atomic E-state index is 0.106. The van der Waals surface area contributed by atoms with Gasteiger partial charge in [0.05, 0.1) is 13.2 Å². The predicted molar refractivity (Wildman–Crippen MR) is 100 cm³/mol. The molecule has 8 heteroatoms. The number of carbonyl (C=O) groups excluding carboxylic acids is 1. The first-order chi connectivity index (χ1) is 13.2. The zero-order valence-electron chi connectivity index (χ0n) is 15.9. The summed E-state index contributed by atoms with van der Waals surface area (Å²) < 4.78 is 16.5. The van der Waals surface area contributed by atoms with Crippen LogP contribution in [0.5, 0.6) is 11.6 Å². The Morgan fingerprint density at radius 3 is 2.59 bits per heavy atom. The van der Waals surface area contributed by atoms with Gasteiger partial charge >= 0.3 is 6.03 Å². The van der Waals surface area contributed by atoms with Gasteiger partial charge in [0, 0.05) is 31.7 Å². The van der Waals surface area contributed by atoms with E-state index in [1.54, 1.807) is 12.1 Å². The summed E-state index contributed by atoms with van der Waals surface area (Å²) in [5.41, 5.74) is 0.190. The van der Waals surface area contributed by atoms with Gasteiger partial charge < -0.3 is 19.1 Å². The van der Waals surface area contributed by atoms with Gasteiger partial charge in [0.25, 0.3) is 5.88 Å². The largest absolute Gasteiger partial charge is 0.484 e. The van der Waals surface area contributed by atoms with Gasteiger partial charge in [0.2, 0.25) is 0 Å². The minimum atomic E-state index is -0.106. The minimum Gasteiger partial charge on any atom is -0.484 e. The van der Waals surface area contributed by atoms with Crippen LogP contribution in [-0.2, 0) is 4.74 Å². The fraction of sp³-hybridized carbons (Fsp3) is 0.684. The lowest BCUT2D eigenvalue weighted by Gasteiger charge is -2.49. The molecule has 0 spiro atoms. The summed E-state index contributed by atoms with van der Waals surface area (Å²) in [6.07, 6.45) is 3.09. The van der Waals surface area contributed by atoms with Crippen LogP contribution in [0, 0.1) is 0 Å². The number of pyridine rings is 1. The highest BCUT2D eigenvalue weighted by Crippen LogP contribution is 2.33. The number of likely N-dealkylation sites (tertiary alicyclic amines) is 1. The van der Waals surface area contributed by atoms with E-state index in [9.17, 15) is 4.79 Å². The number of urea groups is 1. The number of nitrogens with zero attached hydrogens (tertiary/aromatic N) is 3. The summed E-state index contributed by atoms with van der Waals surface area (Å²) >= 11 is 0. The van der Waals surface area contributed by atoms with Crippen molar-refractivity contribution in [1.29, 1.82) is 0 Å². The highest BCUT2D eigenvalue weighted by Gasteiger charge is 2.39. The number of anilines is 1. The van der Waals surface area contributed by atoms with Gasteiger partial charge in [-0.05, 0) is 31.4 Å². The second kappa shape index (κ2) is 7.90. The van der Waals surface area contributed by atoms with Crippen molar-refractivity contribution in [1.82, 2.24) is 14.8 Å². The monoisotopic (exact) mass is 376 g/mol. The van der Waals surface area contributed by atoms with E-state index in [1.165, 1.54) is 0 Å². The predicted octanol–water partition coefficient (Wildman–Crippen LogP) is 1.96. The van der Waals surface area contributed by atoms with Crippen molar-refractivity contribution in [3.8, 4) is 11.6 Å². The smallest absolute Gasteiger partial charge is 0.323 e. The van der Waals surface area contributed by atoms with E-state index in [-0.39, 0.29) is 11.6 Å². The molecule has 2 fully saturated rings. The maximum atomic E-state index is 12.7. The first kappa shape index (κ1) is 18.3. The lowest BCUT2D eigenvalue weighted by atomic mass is 9.83. The number of morpholine rings is 1. The summed E-state index contributed by atoms with van der Waals surface area (Å²) in [6, 6.07) is 3.43. The number of piperidine rings is 1. The molecule has 8 nitrogen and oxygen atoms in total. The van der Waals surface area contributed by atoms with Crippen molar-refractivity contribution in [3.63, 3.8) is 0 Å². The third kappa shape index (κ3) is 3.82. The topological polar surface area (TPSA) is 76.2 Å². The second-order valence-corrected chi connectivity index (χ2v) is 7.29. The van der Waals surface area contributed by atoms with Crippen molar-refractivity contribution in [3.05, 3.63) is 12.1 Å². The third-order valence-corrected chi connectivity index (χ3v) is 5.96. The first-order valence-electron chi connectivity index (χ1n) is 9.85. The Kier molecular flexibility index (Phi) is 5.36. The van der Waals surface area contributed by atoms with Gasteiger partial charge in [-0.25, -0.2) is 4.79 Å². The molecule has 0 bridgehead atoms. The molecule has 1 N–H and O–H groups in total. The molecule has 0 atom stereocenters. The van der Waals surface area contributed by atoms with Crippen LogP contribution in [0.4, 0.5) is 10.6 Å². The highest BCUT2D eigenvalue weighted by molar-refractivity contribution is 5.88. The van der Waals surface area contributed by atoms with Crippen LogP contribution >= 0.6 is 0 Å². The molecule has 27 heavy (non-hydrogen) atoms. The molecule has 0 aromatic carbocycles. The van der Waals surface area contributed by atoms with Crippen LogP contribution < -0.4 is 14.8 Å². The summed E-state index contributed by atoms with van der Waals surface area (Å²) in [6.45, 7) is 8.35. The molecule has 0 radical (unpaired) electrons. The molecule has 2 amide bonds. The fourth-order valence-electron chi connectivity index (χ4n) is 4.25. The number of ether oxygens (including phenoxy) is 3. The molecular weight excluding hydrogens is 348 g/mol. The number of hydrogen-bond donors (Lipinski definition) is 1. The number of aromatic nitrogens is 1. The number of amides is 2. The average molecular weight is 376 g/mol. The number of carbonyl (C=O) groups is 1. The molecule has 1 aromatic rings. The Hall–Kier alpha value is -2.06. The van der Waals surface area contributed by atoms with E-state index in [4.69, 9.17) is 14.2 Å². The van der Waals surface area contributed by atoms with Crippen molar-refractivity contribution in [2.24, 2.45) is 0 Å². The molecule has 4 heterocycles. The molecule has 0 saturated carbocycles. The Labute approximate surface area is 159 Å². The Balaban J connectivity index is 1.35. The van der Waals surface area contributed by atoms with E-state index < -0.39 is 0 Å². The van der Waals surface area contributed by atoms with E-state index in [0.29, 0.717) is 30.7 Å². The summed E-state index contributed by atoms with van der Waals surface area (Å²) in [5.74, 6) is 1.55.